The van der Waals surface area contributed by atoms with Crippen LogP contribution >= 0.6 is 0 Å². The zero-order valence-electron chi connectivity index (χ0n) is 14.4. The standard InChI is InChI=1S/C21H22N2O2/c1-24-21-4-2-3-20-19(21)13-16(14-23-20)15-5-7-17(8-6-15)25-18-9-11-22-12-10-18/h2-8,13-14,18,22H,9-12H2,1H3. The third kappa shape index (κ3) is 3.44. The third-order valence-corrected chi connectivity index (χ3v) is 4.68. The molecule has 0 saturated carbocycles. The molecule has 2 heterocycles. The third-order valence-electron chi connectivity index (χ3n) is 4.68. The fraction of sp³-hybridized carbons (Fsp3) is 0.286. The van der Waals surface area contributed by atoms with E-state index < -0.39 is 0 Å². The molecule has 2 aromatic carbocycles. The topological polar surface area (TPSA) is 43.4 Å². The van der Waals surface area contributed by atoms with Gasteiger partial charge in [0.1, 0.15) is 17.6 Å². The van der Waals surface area contributed by atoms with E-state index in [9.17, 15) is 0 Å². The molecule has 1 fully saturated rings. The van der Waals surface area contributed by atoms with Gasteiger partial charge in [-0.25, -0.2) is 0 Å². The Kier molecular flexibility index (Phi) is 4.53. The van der Waals surface area contributed by atoms with Crippen LogP contribution in [0, 0.1) is 0 Å². The van der Waals surface area contributed by atoms with Crippen LogP contribution in [-0.4, -0.2) is 31.3 Å². The highest BCUT2D eigenvalue weighted by Crippen LogP contribution is 2.30. The Balaban J connectivity index is 1.58. The summed E-state index contributed by atoms with van der Waals surface area (Å²) in [4.78, 5) is 4.56. The van der Waals surface area contributed by atoms with Crippen molar-refractivity contribution in [3.05, 3.63) is 54.7 Å². The van der Waals surface area contributed by atoms with Gasteiger partial charge >= 0.3 is 0 Å². The Labute approximate surface area is 147 Å². The van der Waals surface area contributed by atoms with Crippen molar-refractivity contribution in [2.75, 3.05) is 20.2 Å². The first-order chi connectivity index (χ1) is 12.3. The molecule has 1 N–H and O–H groups in total. The average molecular weight is 334 g/mol. The molecule has 4 heteroatoms. The van der Waals surface area contributed by atoms with E-state index in [1.807, 2.05) is 36.5 Å². The zero-order chi connectivity index (χ0) is 17.1. The highest BCUT2D eigenvalue weighted by molar-refractivity contribution is 5.88. The summed E-state index contributed by atoms with van der Waals surface area (Å²) >= 11 is 0. The Morgan fingerprint density at radius 3 is 2.56 bits per heavy atom. The minimum atomic E-state index is 0.318. The van der Waals surface area contributed by atoms with Crippen LogP contribution in [0.4, 0.5) is 0 Å². The molecule has 3 aromatic rings. The molecule has 1 aliphatic rings. The number of methoxy groups -OCH3 is 1. The van der Waals surface area contributed by atoms with Gasteiger partial charge in [0, 0.05) is 17.1 Å². The predicted octanol–water partition coefficient (Wildman–Crippen LogP) is 4.04. The summed E-state index contributed by atoms with van der Waals surface area (Å²) < 4.78 is 11.5. The van der Waals surface area contributed by atoms with Crippen molar-refractivity contribution in [2.45, 2.75) is 18.9 Å². The molecule has 1 aliphatic heterocycles. The second-order valence-corrected chi connectivity index (χ2v) is 6.34. The van der Waals surface area contributed by atoms with Gasteiger partial charge < -0.3 is 14.8 Å². The molecule has 0 bridgehead atoms. The summed E-state index contributed by atoms with van der Waals surface area (Å²) in [5.41, 5.74) is 3.14. The van der Waals surface area contributed by atoms with Gasteiger partial charge in [-0.05, 0) is 61.8 Å². The smallest absolute Gasteiger partial charge is 0.128 e. The fourth-order valence-electron chi connectivity index (χ4n) is 3.29. The number of aromatic nitrogens is 1. The number of nitrogens with one attached hydrogen (secondary N) is 1. The molecular weight excluding hydrogens is 312 g/mol. The first-order valence-electron chi connectivity index (χ1n) is 8.74. The molecule has 0 unspecified atom stereocenters. The number of pyridine rings is 1. The van der Waals surface area contributed by atoms with Gasteiger partial charge in [-0.3, -0.25) is 4.98 Å². The lowest BCUT2D eigenvalue weighted by Crippen LogP contribution is -2.34. The molecule has 1 aromatic heterocycles. The lowest BCUT2D eigenvalue weighted by Gasteiger charge is -2.23. The van der Waals surface area contributed by atoms with Crippen LogP contribution in [-0.2, 0) is 0 Å². The van der Waals surface area contributed by atoms with Crippen molar-refractivity contribution in [1.29, 1.82) is 0 Å². The molecule has 1 saturated heterocycles. The second-order valence-electron chi connectivity index (χ2n) is 6.34. The first-order valence-corrected chi connectivity index (χ1v) is 8.74. The number of nitrogens with zero attached hydrogens (tertiary/aromatic N) is 1. The summed E-state index contributed by atoms with van der Waals surface area (Å²) in [5, 5.41) is 4.38. The molecule has 128 valence electrons. The van der Waals surface area contributed by atoms with Crippen molar-refractivity contribution in [2.24, 2.45) is 0 Å². The number of hydrogen-bond donors (Lipinski definition) is 1. The van der Waals surface area contributed by atoms with E-state index in [4.69, 9.17) is 9.47 Å². The summed E-state index contributed by atoms with van der Waals surface area (Å²) in [6.07, 6.45) is 4.36. The molecule has 0 amide bonds. The predicted molar refractivity (Wildman–Crippen MR) is 100 cm³/mol. The van der Waals surface area contributed by atoms with Crippen molar-refractivity contribution >= 4 is 10.9 Å². The van der Waals surface area contributed by atoms with Gasteiger partial charge in [-0.2, -0.15) is 0 Å². The van der Waals surface area contributed by atoms with Crippen molar-refractivity contribution in [3.8, 4) is 22.6 Å². The zero-order valence-corrected chi connectivity index (χ0v) is 14.4. The average Bonchev–Trinajstić information content (AvgIpc) is 2.68. The minimum Gasteiger partial charge on any atom is -0.496 e. The molecule has 0 aliphatic carbocycles. The normalized spacial score (nSPS) is 15.2. The van der Waals surface area contributed by atoms with E-state index in [0.717, 1.165) is 59.5 Å². The Hall–Kier alpha value is -2.59. The maximum Gasteiger partial charge on any atom is 0.128 e. The van der Waals surface area contributed by atoms with Crippen LogP contribution in [0.15, 0.2) is 54.7 Å². The SMILES string of the molecule is COc1cccc2ncc(-c3ccc(OC4CCNCC4)cc3)cc12. The van der Waals surface area contributed by atoms with Crippen LogP contribution in [0.3, 0.4) is 0 Å². The van der Waals surface area contributed by atoms with Crippen LogP contribution in [0.25, 0.3) is 22.0 Å². The molecular formula is C21H22N2O2. The molecule has 0 atom stereocenters. The van der Waals surface area contributed by atoms with E-state index in [0.29, 0.717) is 6.10 Å². The molecule has 25 heavy (non-hydrogen) atoms. The summed E-state index contributed by atoms with van der Waals surface area (Å²) in [6, 6.07) is 16.3. The summed E-state index contributed by atoms with van der Waals surface area (Å²) in [5.74, 6) is 1.78. The van der Waals surface area contributed by atoms with Gasteiger partial charge in [-0.1, -0.05) is 18.2 Å². The van der Waals surface area contributed by atoms with Crippen LogP contribution in [0.5, 0.6) is 11.5 Å². The maximum atomic E-state index is 6.08. The number of piperidine rings is 1. The first kappa shape index (κ1) is 15.9. The lowest BCUT2D eigenvalue weighted by atomic mass is 10.0. The minimum absolute atomic E-state index is 0.318. The van der Waals surface area contributed by atoms with Crippen LogP contribution in [0.2, 0.25) is 0 Å². The van der Waals surface area contributed by atoms with E-state index in [2.05, 4.69) is 28.5 Å². The Morgan fingerprint density at radius 1 is 1.00 bits per heavy atom. The number of fused-ring (bicyclic) bond motifs is 1. The largest absolute Gasteiger partial charge is 0.496 e. The van der Waals surface area contributed by atoms with Crippen molar-refractivity contribution < 1.29 is 9.47 Å². The fourth-order valence-corrected chi connectivity index (χ4v) is 3.29. The Bertz CT molecular complexity index is 855. The molecule has 4 rings (SSSR count). The van der Waals surface area contributed by atoms with E-state index in [1.165, 1.54) is 0 Å². The second kappa shape index (κ2) is 7.11. The Morgan fingerprint density at radius 2 is 1.80 bits per heavy atom. The summed E-state index contributed by atoms with van der Waals surface area (Å²) in [7, 11) is 1.69. The molecule has 0 spiro atoms. The molecule has 0 radical (unpaired) electrons. The van der Waals surface area contributed by atoms with E-state index in [1.54, 1.807) is 7.11 Å². The van der Waals surface area contributed by atoms with Gasteiger partial charge in [0.2, 0.25) is 0 Å². The number of hydrogen-bond acceptors (Lipinski definition) is 4. The lowest BCUT2D eigenvalue weighted by molar-refractivity contribution is 0.162. The number of ether oxygens (including phenoxy) is 2. The quantitative estimate of drug-likeness (QED) is 0.782. The van der Waals surface area contributed by atoms with E-state index >= 15 is 0 Å². The number of benzene rings is 2. The molecule has 4 nitrogen and oxygen atoms in total. The van der Waals surface area contributed by atoms with Crippen molar-refractivity contribution in [3.63, 3.8) is 0 Å². The highest BCUT2D eigenvalue weighted by atomic mass is 16.5. The number of rotatable bonds is 4. The van der Waals surface area contributed by atoms with Gasteiger partial charge in [-0.15, -0.1) is 0 Å². The van der Waals surface area contributed by atoms with Crippen LogP contribution < -0.4 is 14.8 Å². The highest BCUT2D eigenvalue weighted by Gasteiger charge is 2.14. The van der Waals surface area contributed by atoms with E-state index in [-0.39, 0.29) is 0 Å². The van der Waals surface area contributed by atoms with Gasteiger partial charge in [0.15, 0.2) is 0 Å². The summed E-state index contributed by atoms with van der Waals surface area (Å²) in [6.45, 7) is 2.07. The van der Waals surface area contributed by atoms with Crippen molar-refractivity contribution in [1.82, 2.24) is 10.3 Å². The van der Waals surface area contributed by atoms with Gasteiger partial charge in [0.25, 0.3) is 0 Å². The van der Waals surface area contributed by atoms with Crippen LogP contribution in [0.1, 0.15) is 12.8 Å². The maximum absolute atomic E-state index is 6.08. The monoisotopic (exact) mass is 334 g/mol. The van der Waals surface area contributed by atoms with Gasteiger partial charge in [0.05, 0.1) is 12.6 Å².